The van der Waals surface area contributed by atoms with Crippen LogP contribution in [0.3, 0.4) is 0 Å². The third kappa shape index (κ3) is 5.40. The molecule has 0 radical (unpaired) electrons. The third-order valence-electron chi connectivity index (χ3n) is 5.80. The van der Waals surface area contributed by atoms with Crippen molar-refractivity contribution in [1.29, 1.82) is 0 Å². The standard InChI is InChI=1S/C23H30N2O4S/c1-16-5-7-21(13-18(16)3)29-15-23(26)25-11-9-20(10-12-25)24-30(27,28)22-8-6-17(2)19(4)14-22/h5-8,13-14,20,24H,9-12,15H2,1-4H3. The minimum Gasteiger partial charge on any atom is -0.484 e. The zero-order valence-corrected chi connectivity index (χ0v) is 18.9. The monoisotopic (exact) mass is 430 g/mol. The van der Waals surface area contributed by atoms with Crippen molar-refractivity contribution in [2.75, 3.05) is 19.7 Å². The van der Waals surface area contributed by atoms with Gasteiger partial charge in [0.05, 0.1) is 4.90 Å². The molecule has 1 amide bonds. The Morgan fingerprint density at radius 1 is 0.967 bits per heavy atom. The molecule has 0 aromatic heterocycles. The number of likely N-dealkylation sites (tertiary alicyclic amines) is 1. The molecule has 0 unspecified atom stereocenters. The number of benzene rings is 2. The number of amides is 1. The second kappa shape index (κ2) is 9.18. The molecule has 2 aromatic rings. The van der Waals surface area contributed by atoms with E-state index in [1.54, 1.807) is 17.0 Å². The topological polar surface area (TPSA) is 75.7 Å². The molecule has 0 aliphatic carbocycles. The summed E-state index contributed by atoms with van der Waals surface area (Å²) in [6.07, 6.45) is 1.17. The van der Waals surface area contributed by atoms with E-state index in [4.69, 9.17) is 4.74 Å². The van der Waals surface area contributed by atoms with Crippen molar-refractivity contribution in [3.63, 3.8) is 0 Å². The molecule has 162 valence electrons. The van der Waals surface area contributed by atoms with Crippen LogP contribution < -0.4 is 9.46 Å². The van der Waals surface area contributed by atoms with Crippen LogP contribution in [0.1, 0.15) is 35.1 Å². The summed E-state index contributed by atoms with van der Waals surface area (Å²) in [5.41, 5.74) is 4.31. The summed E-state index contributed by atoms with van der Waals surface area (Å²) in [6, 6.07) is 10.7. The molecule has 2 aromatic carbocycles. The van der Waals surface area contributed by atoms with E-state index in [0.717, 1.165) is 16.7 Å². The minimum absolute atomic E-state index is 0.0124. The fourth-order valence-electron chi connectivity index (χ4n) is 3.46. The number of aryl methyl sites for hydroxylation is 4. The number of carbonyl (C=O) groups is 1. The first-order valence-electron chi connectivity index (χ1n) is 10.2. The second-order valence-corrected chi connectivity index (χ2v) is 9.77. The van der Waals surface area contributed by atoms with Crippen LogP contribution >= 0.6 is 0 Å². The van der Waals surface area contributed by atoms with Gasteiger partial charge in [0.15, 0.2) is 6.61 Å². The number of nitrogens with one attached hydrogen (secondary N) is 1. The van der Waals surface area contributed by atoms with E-state index >= 15 is 0 Å². The fraction of sp³-hybridized carbons (Fsp3) is 0.435. The molecule has 1 fully saturated rings. The number of hydrogen-bond donors (Lipinski definition) is 1. The van der Waals surface area contributed by atoms with E-state index < -0.39 is 10.0 Å². The lowest BCUT2D eigenvalue weighted by molar-refractivity contribution is -0.134. The first-order valence-corrected chi connectivity index (χ1v) is 11.7. The Labute approximate surface area is 179 Å². The Balaban J connectivity index is 1.50. The van der Waals surface area contributed by atoms with Crippen LogP contribution in [-0.2, 0) is 14.8 Å². The van der Waals surface area contributed by atoms with Gasteiger partial charge in [0.25, 0.3) is 5.91 Å². The zero-order valence-electron chi connectivity index (χ0n) is 18.1. The van der Waals surface area contributed by atoms with Gasteiger partial charge in [-0.15, -0.1) is 0 Å². The van der Waals surface area contributed by atoms with Crippen LogP contribution in [0.4, 0.5) is 0 Å². The van der Waals surface area contributed by atoms with E-state index in [2.05, 4.69) is 4.72 Å². The summed E-state index contributed by atoms with van der Waals surface area (Å²) in [5.74, 6) is 0.603. The predicted molar refractivity (Wildman–Crippen MR) is 117 cm³/mol. The maximum atomic E-state index is 12.7. The van der Waals surface area contributed by atoms with E-state index in [1.165, 1.54) is 5.56 Å². The van der Waals surface area contributed by atoms with Crippen LogP contribution in [0.25, 0.3) is 0 Å². The Bertz CT molecular complexity index is 1030. The maximum Gasteiger partial charge on any atom is 0.260 e. The molecule has 1 heterocycles. The highest BCUT2D eigenvalue weighted by Crippen LogP contribution is 2.19. The van der Waals surface area contributed by atoms with Crippen molar-refractivity contribution >= 4 is 15.9 Å². The van der Waals surface area contributed by atoms with E-state index in [0.29, 0.717) is 31.7 Å². The van der Waals surface area contributed by atoms with Crippen LogP contribution in [0.15, 0.2) is 41.3 Å². The molecule has 0 bridgehead atoms. The molecule has 1 aliphatic rings. The number of nitrogens with zero attached hydrogens (tertiary/aromatic N) is 1. The second-order valence-electron chi connectivity index (χ2n) is 8.06. The Morgan fingerprint density at radius 3 is 2.17 bits per heavy atom. The molecule has 7 heteroatoms. The number of carbonyl (C=O) groups excluding carboxylic acids is 1. The van der Waals surface area contributed by atoms with Gasteiger partial charge in [-0.25, -0.2) is 13.1 Å². The van der Waals surface area contributed by atoms with E-state index in [1.807, 2.05) is 52.0 Å². The lowest BCUT2D eigenvalue weighted by Gasteiger charge is -2.32. The van der Waals surface area contributed by atoms with Gasteiger partial charge in [-0.05, 0) is 87.1 Å². The summed E-state index contributed by atoms with van der Waals surface area (Å²) in [4.78, 5) is 14.5. The number of piperidine rings is 1. The summed E-state index contributed by atoms with van der Waals surface area (Å²) >= 11 is 0. The summed E-state index contributed by atoms with van der Waals surface area (Å²) < 4.78 is 33.8. The molecular formula is C23H30N2O4S. The van der Waals surface area contributed by atoms with Crippen molar-refractivity contribution in [3.8, 4) is 5.75 Å². The normalized spacial score (nSPS) is 15.3. The summed E-state index contributed by atoms with van der Waals surface area (Å²) in [6.45, 7) is 8.90. The van der Waals surface area contributed by atoms with Crippen molar-refractivity contribution in [1.82, 2.24) is 9.62 Å². The van der Waals surface area contributed by atoms with Gasteiger partial charge in [0.2, 0.25) is 10.0 Å². The highest BCUT2D eigenvalue weighted by molar-refractivity contribution is 7.89. The van der Waals surface area contributed by atoms with Gasteiger partial charge in [-0.2, -0.15) is 0 Å². The number of hydrogen-bond acceptors (Lipinski definition) is 4. The maximum absolute atomic E-state index is 12.7. The molecule has 0 spiro atoms. The molecule has 1 saturated heterocycles. The van der Waals surface area contributed by atoms with Gasteiger partial charge < -0.3 is 9.64 Å². The van der Waals surface area contributed by atoms with Gasteiger partial charge in [0, 0.05) is 19.1 Å². The van der Waals surface area contributed by atoms with E-state index in [-0.39, 0.29) is 23.5 Å². The lowest BCUT2D eigenvalue weighted by Crippen LogP contribution is -2.47. The summed E-state index contributed by atoms with van der Waals surface area (Å²) in [5, 5.41) is 0. The molecule has 6 nitrogen and oxygen atoms in total. The first kappa shape index (κ1) is 22.3. The molecule has 0 atom stereocenters. The minimum atomic E-state index is -3.57. The van der Waals surface area contributed by atoms with Gasteiger partial charge >= 0.3 is 0 Å². The first-order chi connectivity index (χ1) is 14.2. The highest BCUT2D eigenvalue weighted by atomic mass is 32.2. The molecule has 1 aliphatic heterocycles. The van der Waals surface area contributed by atoms with Gasteiger partial charge in [-0.3, -0.25) is 4.79 Å². The number of ether oxygens (including phenoxy) is 1. The number of sulfonamides is 1. The zero-order chi connectivity index (χ0) is 21.9. The fourth-order valence-corrected chi connectivity index (χ4v) is 4.85. The van der Waals surface area contributed by atoms with Gasteiger partial charge in [-0.1, -0.05) is 12.1 Å². The quantitative estimate of drug-likeness (QED) is 0.763. The van der Waals surface area contributed by atoms with Crippen LogP contribution in [0, 0.1) is 27.7 Å². The Morgan fingerprint density at radius 2 is 1.57 bits per heavy atom. The number of rotatable bonds is 6. The summed E-state index contributed by atoms with van der Waals surface area (Å²) in [7, 11) is -3.57. The third-order valence-corrected chi connectivity index (χ3v) is 7.32. The highest BCUT2D eigenvalue weighted by Gasteiger charge is 2.27. The van der Waals surface area contributed by atoms with Crippen molar-refractivity contribution in [2.45, 2.75) is 51.5 Å². The van der Waals surface area contributed by atoms with Crippen molar-refractivity contribution < 1.29 is 17.9 Å². The molecule has 30 heavy (non-hydrogen) atoms. The van der Waals surface area contributed by atoms with Crippen molar-refractivity contribution in [3.05, 3.63) is 58.7 Å². The predicted octanol–water partition coefficient (Wildman–Crippen LogP) is 3.27. The largest absolute Gasteiger partial charge is 0.484 e. The molecule has 3 rings (SSSR count). The Hall–Kier alpha value is -2.38. The lowest BCUT2D eigenvalue weighted by atomic mass is 10.1. The van der Waals surface area contributed by atoms with Crippen molar-refractivity contribution in [2.24, 2.45) is 0 Å². The SMILES string of the molecule is Cc1ccc(OCC(=O)N2CCC(NS(=O)(=O)c3ccc(C)c(C)c3)CC2)cc1C. The van der Waals surface area contributed by atoms with E-state index in [9.17, 15) is 13.2 Å². The Kier molecular flexibility index (Phi) is 6.83. The van der Waals surface area contributed by atoms with Crippen LogP contribution in [0.2, 0.25) is 0 Å². The van der Waals surface area contributed by atoms with Crippen LogP contribution in [-0.4, -0.2) is 45.0 Å². The molecule has 1 N–H and O–H groups in total. The average molecular weight is 431 g/mol. The molecule has 0 saturated carbocycles. The molecular weight excluding hydrogens is 400 g/mol. The smallest absolute Gasteiger partial charge is 0.260 e. The van der Waals surface area contributed by atoms with Crippen LogP contribution in [0.5, 0.6) is 5.75 Å². The average Bonchev–Trinajstić information content (AvgIpc) is 2.71. The van der Waals surface area contributed by atoms with Gasteiger partial charge in [0.1, 0.15) is 5.75 Å².